The van der Waals surface area contributed by atoms with Crippen LogP contribution in [0.15, 0.2) is 16.9 Å². The maximum atomic E-state index is 11.0. The minimum Gasteiger partial charge on any atom is -0.437 e. The van der Waals surface area contributed by atoms with Crippen molar-refractivity contribution in [3.05, 3.63) is 34.2 Å². The van der Waals surface area contributed by atoms with Crippen LogP contribution in [-0.4, -0.2) is 4.98 Å². The third kappa shape index (κ3) is 2.61. The number of nitrogens with one attached hydrogen (secondary N) is 1. The topological polar surface area (TPSA) is 32.9 Å². The summed E-state index contributed by atoms with van der Waals surface area (Å²) >= 11 is 0. The summed E-state index contributed by atoms with van der Waals surface area (Å²) in [4.78, 5) is 13.5. The summed E-state index contributed by atoms with van der Waals surface area (Å²) < 4.78 is 0. The second-order valence-corrected chi connectivity index (χ2v) is 2.54. The normalized spacial score (nSPS) is 9.36. The molecule has 1 N–H and O–H groups in total. The van der Waals surface area contributed by atoms with E-state index in [1.807, 2.05) is 13.8 Å². The van der Waals surface area contributed by atoms with Gasteiger partial charge in [0.05, 0.1) is 0 Å². The molecule has 0 fully saturated rings. The summed E-state index contributed by atoms with van der Waals surface area (Å²) in [6.45, 7) is 3.98. The standard InChI is InChI=1S/C8H10NO.Re/c1-6(2)7-4-3-5-9-8(7)10;/h3-4,6H,1-2H3,(H,9,10);/q-1;. The second kappa shape index (κ2) is 4.48. The van der Waals surface area contributed by atoms with Gasteiger partial charge in [-0.25, -0.2) is 0 Å². The van der Waals surface area contributed by atoms with Gasteiger partial charge in [-0.2, -0.15) is 12.1 Å². The quantitative estimate of drug-likeness (QED) is 0.777. The van der Waals surface area contributed by atoms with Gasteiger partial charge in [-0.05, 0) is 5.92 Å². The Bertz CT molecular complexity index is 267. The molecule has 1 radical (unpaired) electrons. The van der Waals surface area contributed by atoms with E-state index in [4.69, 9.17) is 0 Å². The Morgan fingerprint density at radius 2 is 2.18 bits per heavy atom. The van der Waals surface area contributed by atoms with Gasteiger partial charge in [-0.1, -0.05) is 19.4 Å². The predicted octanol–water partition coefficient (Wildman–Crippen LogP) is 1.30. The monoisotopic (exact) mass is 323 g/mol. The molecule has 11 heavy (non-hydrogen) atoms. The Hall–Kier alpha value is -0.388. The van der Waals surface area contributed by atoms with Gasteiger partial charge in [0.15, 0.2) is 0 Å². The summed E-state index contributed by atoms with van der Waals surface area (Å²) in [5, 5.41) is 0. The Labute approximate surface area is 79.7 Å². The van der Waals surface area contributed by atoms with Crippen LogP contribution in [-0.2, 0) is 20.4 Å². The van der Waals surface area contributed by atoms with E-state index in [0.29, 0.717) is 5.92 Å². The molecule has 0 spiro atoms. The van der Waals surface area contributed by atoms with Gasteiger partial charge in [0, 0.05) is 20.4 Å². The fourth-order valence-electron chi connectivity index (χ4n) is 0.841. The van der Waals surface area contributed by atoms with Crippen LogP contribution in [0.4, 0.5) is 0 Å². The first kappa shape index (κ1) is 10.6. The fraction of sp³-hybridized carbons (Fsp3) is 0.375. The van der Waals surface area contributed by atoms with Gasteiger partial charge in [0.1, 0.15) is 5.56 Å². The number of pyridine rings is 1. The van der Waals surface area contributed by atoms with E-state index in [0.717, 1.165) is 5.56 Å². The van der Waals surface area contributed by atoms with Crippen molar-refractivity contribution in [3.8, 4) is 0 Å². The number of aromatic amines is 1. The molecule has 3 heteroatoms. The van der Waals surface area contributed by atoms with E-state index in [1.165, 1.54) is 0 Å². The minimum atomic E-state index is -0.0301. The van der Waals surface area contributed by atoms with Crippen molar-refractivity contribution in [2.45, 2.75) is 19.8 Å². The van der Waals surface area contributed by atoms with Crippen molar-refractivity contribution in [1.82, 2.24) is 4.98 Å². The van der Waals surface area contributed by atoms with Gasteiger partial charge in [0.25, 0.3) is 0 Å². The SMILES string of the molecule is CC(C)c1cc[c-][nH]c1=O.[Re]. The van der Waals surface area contributed by atoms with E-state index >= 15 is 0 Å². The van der Waals surface area contributed by atoms with Crippen LogP contribution in [0.3, 0.4) is 0 Å². The van der Waals surface area contributed by atoms with Gasteiger partial charge in [0.2, 0.25) is 0 Å². The molecule has 0 saturated heterocycles. The minimum absolute atomic E-state index is 0. The van der Waals surface area contributed by atoms with E-state index in [-0.39, 0.29) is 26.0 Å². The maximum Gasteiger partial charge on any atom is 0.136 e. The van der Waals surface area contributed by atoms with Crippen molar-refractivity contribution >= 4 is 0 Å². The van der Waals surface area contributed by atoms with Crippen molar-refractivity contribution < 1.29 is 20.4 Å². The number of hydrogen-bond donors (Lipinski definition) is 1. The fourth-order valence-corrected chi connectivity index (χ4v) is 0.841. The molecule has 0 atom stereocenters. The van der Waals surface area contributed by atoms with Crippen molar-refractivity contribution in [2.24, 2.45) is 0 Å². The van der Waals surface area contributed by atoms with Crippen molar-refractivity contribution in [3.63, 3.8) is 0 Å². The molecule has 0 aliphatic heterocycles. The van der Waals surface area contributed by atoms with Crippen molar-refractivity contribution in [1.29, 1.82) is 0 Å². The van der Waals surface area contributed by atoms with Gasteiger partial charge in [-0.15, -0.1) is 6.20 Å². The third-order valence-corrected chi connectivity index (χ3v) is 1.42. The largest absolute Gasteiger partial charge is 0.437 e. The molecule has 1 heterocycles. The second-order valence-electron chi connectivity index (χ2n) is 2.54. The zero-order valence-electron chi connectivity index (χ0n) is 6.52. The van der Waals surface area contributed by atoms with Crippen LogP contribution in [0, 0.1) is 6.20 Å². The predicted molar refractivity (Wildman–Crippen MR) is 40.0 cm³/mol. The molecule has 0 aliphatic carbocycles. The first-order valence-electron chi connectivity index (χ1n) is 3.31. The first-order chi connectivity index (χ1) is 4.72. The molecule has 0 amide bonds. The molecule has 0 saturated carbocycles. The summed E-state index contributed by atoms with van der Waals surface area (Å²) in [5.41, 5.74) is 0.788. The zero-order valence-corrected chi connectivity index (χ0v) is 9.23. The molecule has 2 nitrogen and oxygen atoms in total. The summed E-state index contributed by atoms with van der Waals surface area (Å²) in [6, 6.07) is 3.51. The Kier molecular flexibility index (Phi) is 4.32. The summed E-state index contributed by atoms with van der Waals surface area (Å²) in [6.07, 6.45) is 2.62. The van der Waals surface area contributed by atoms with Crippen LogP contribution in [0.25, 0.3) is 0 Å². The molecule has 1 aromatic heterocycles. The van der Waals surface area contributed by atoms with Crippen LogP contribution < -0.4 is 5.56 Å². The number of aromatic nitrogens is 1. The van der Waals surface area contributed by atoms with Crippen LogP contribution in [0.5, 0.6) is 0 Å². The molecule has 0 bridgehead atoms. The average Bonchev–Trinajstić information content (AvgIpc) is 1.88. The molecular weight excluding hydrogens is 312 g/mol. The van der Waals surface area contributed by atoms with Crippen molar-refractivity contribution in [2.75, 3.05) is 0 Å². The zero-order chi connectivity index (χ0) is 7.56. The number of hydrogen-bond acceptors (Lipinski definition) is 1. The van der Waals surface area contributed by atoms with Crippen LogP contribution in [0.2, 0.25) is 0 Å². The third-order valence-electron chi connectivity index (χ3n) is 1.42. The molecule has 61 valence electrons. The van der Waals surface area contributed by atoms with E-state index in [2.05, 4.69) is 11.2 Å². The molecule has 1 aromatic rings. The van der Waals surface area contributed by atoms with Gasteiger partial charge in [-0.3, -0.25) is 0 Å². The first-order valence-corrected chi connectivity index (χ1v) is 3.31. The Morgan fingerprint density at radius 3 is 2.55 bits per heavy atom. The average molecular weight is 322 g/mol. The summed E-state index contributed by atoms with van der Waals surface area (Å²) in [7, 11) is 0. The van der Waals surface area contributed by atoms with E-state index < -0.39 is 0 Å². The summed E-state index contributed by atoms with van der Waals surface area (Å²) in [5.74, 6) is 0.290. The van der Waals surface area contributed by atoms with Crippen LogP contribution >= 0.6 is 0 Å². The number of rotatable bonds is 1. The maximum absolute atomic E-state index is 11.0. The van der Waals surface area contributed by atoms with E-state index in [9.17, 15) is 4.79 Å². The van der Waals surface area contributed by atoms with Gasteiger partial charge < -0.3 is 9.78 Å². The number of H-pyrrole nitrogens is 1. The molecule has 0 unspecified atom stereocenters. The van der Waals surface area contributed by atoms with Gasteiger partial charge >= 0.3 is 0 Å². The Balaban J connectivity index is 0.000001000. The molecule has 1 rings (SSSR count). The molecule has 0 aliphatic rings. The smallest absolute Gasteiger partial charge is 0.136 e. The van der Waals surface area contributed by atoms with E-state index in [1.54, 1.807) is 12.1 Å². The molecular formula is C8H10NORe-. The molecule has 0 aromatic carbocycles. The van der Waals surface area contributed by atoms with Crippen LogP contribution in [0.1, 0.15) is 25.3 Å². The Morgan fingerprint density at radius 1 is 1.55 bits per heavy atom.